The molecule has 0 saturated heterocycles. The molecule has 0 atom stereocenters. The quantitative estimate of drug-likeness (QED) is 0.265. The summed E-state index contributed by atoms with van der Waals surface area (Å²) >= 11 is 0. The summed E-state index contributed by atoms with van der Waals surface area (Å²) in [5.74, 6) is -0.729. The highest BCUT2D eigenvalue weighted by atomic mass is 16.6. The molecular weight excluding hydrogens is 264 g/mol. The van der Waals surface area contributed by atoms with Crippen LogP contribution in [0.3, 0.4) is 0 Å². The summed E-state index contributed by atoms with van der Waals surface area (Å²) in [4.78, 5) is 21.2. The fourth-order valence-electron chi connectivity index (χ4n) is 1.20. The average molecular weight is 276 g/mol. The van der Waals surface area contributed by atoms with Gasteiger partial charge in [-0.15, -0.1) is 0 Å². The van der Waals surface area contributed by atoms with Gasteiger partial charge in [-0.3, -0.25) is 10.1 Å². The van der Waals surface area contributed by atoms with Gasteiger partial charge in [-0.1, -0.05) is 0 Å². The molecule has 0 bridgehead atoms. The van der Waals surface area contributed by atoms with E-state index in [1.165, 1.54) is 24.3 Å². The third kappa shape index (κ3) is 4.30. The number of rotatable bonds is 6. The van der Waals surface area contributed by atoms with E-state index >= 15 is 0 Å². The van der Waals surface area contributed by atoms with Crippen molar-refractivity contribution in [1.29, 1.82) is 5.26 Å². The van der Waals surface area contributed by atoms with Gasteiger partial charge < -0.3 is 15.6 Å². The van der Waals surface area contributed by atoms with Crippen LogP contribution in [0.1, 0.15) is 6.92 Å². The number of hydrogen-bond donors (Lipinski definition) is 2. The lowest BCUT2D eigenvalue weighted by Crippen LogP contribution is -2.17. The number of ether oxygens (including phenoxy) is 1. The molecule has 1 aromatic carbocycles. The molecule has 0 aliphatic carbocycles. The first-order chi connectivity index (χ1) is 9.58. The molecular formula is C12H12N4O4. The van der Waals surface area contributed by atoms with E-state index in [0.29, 0.717) is 5.69 Å². The summed E-state index contributed by atoms with van der Waals surface area (Å²) in [6, 6.07) is 7.30. The standard InChI is InChI=1S/C12H12N4O4/c1-2-20-12(17)9(7-13)8-14-15-10-3-5-11(6-4-10)16(18)19/h3-6,8,14-15H,2H2,1H3/b9-8-. The average Bonchev–Trinajstić information content (AvgIpc) is 2.44. The molecule has 0 heterocycles. The predicted octanol–water partition coefficient (Wildman–Crippen LogP) is 1.48. The Morgan fingerprint density at radius 1 is 1.50 bits per heavy atom. The van der Waals surface area contributed by atoms with Crippen molar-refractivity contribution < 1.29 is 14.5 Å². The van der Waals surface area contributed by atoms with Crippen LogP contribution in [-0.4, -0.2) is 17.5 Å². The van der Waals surface area contributed by atoms with Crippen molar-refractivity contribution in [3.8, 4) is 6.07 Å². The number of nitro groups is 1. The van der Waals surface area contributed by atoms with Crippen molar-refractivity contribution in [1.82, 2.24) is 5.43 Å². The van der Waals surface area contributed by atoms with E-state index in [0.717, 1.165) is 6.20 Å². The SMILES string of the molecule is CCOC(=O)/C(C#N)=C\NNc1ccc([N+](=O)[O-])cc1. The Morgan fingerprint density at radius 3 is 2.65 bits per heavy atom. The number of carbonyl (C=O) groups is 1. The number of nitrogens with one attached hydrogen (secondary N) is 2. The number of anilines is 1. The van der Waals surface area contributed by atoms with Crippen LogP contribution in [0.4, 0.5) is 11.4 Å². The van der Waals surface area contributed by atoms with Gasteiger partial charge >= 0.3 is 5.97 Å². The van der Waals surface area contributed by atoms with Crippen LogP contribution in [0.5, 0.6) is 0 Å². The molecule has 104 valence electrons. The topological polar surface area (TPSA) is 117 Å². The molecule has 0 spiro atoms. The van der Waals surface area contributed by atoms with Crippen LogP contribution in [-0.2, 0) is 9.53 Å². The summed E-state index contributed by atoms with van der Waals surface area (Å²) in [7, 11) is 0. The van der Waals surface area contributed by atoms with E-state index in [2.05, 4.69) is 15.6 Å². The number of nitriles is 1. The van der Waals surface area contributed by atoms with Crippen LogP contribution in [0, 0.1) is 21.4 Å². The lowest BCUT2D eigenvalue weighted by atomic mass is 10.3. The fraction of sp³-hybridized carbons (Fsp3) is 0.167. The van der Waals surface area contributed by atoms with Crippen LogP contribution in [0.25, 0.3) is 0 Å². The van der Waals surface area contributed by atoms with Gasteiger partial charge in [-0.2, -0.15) is 5.26 Å². The van der Waals surface area contributed by atoms with Gasteiger partial charge in [-0.25, -0.2) is 4.79 Å². The monoisotopic (exact) mass is 276 g/mol. The van der Waals surface area contributed by atoms with E-state index in [1.54, 1.807) is 13.0 Å². The number of hydrogen-bond acceptors (Lipinski definition) is 7. The zero-order valence-corrected chi connectivity index (χ0v) is 10.6. The number of hydrazine groups is 1. The lowest BCUT2D eigenvalue weighted by molar-refractivity contribution is -0.384. The number of carbonyl (C=O) groups excluding carboxylic acids is 1. The molecule has 0 aliphatic heterocycles. The molecule has 8 heteroatoms. The molecule has 20 heavy (non-hydrogen) atoms. The Bertz CT molecular complexity index is 560. The van der Waals surface area contributed by atoms with E-state index in [4.69, 9.17) is 5.26 Å². The maximum absolute atomic E-state index is 11.3. The van der Waals surface area contributed by atoms with Gasteiger partial charge in [0, 0.05) is 18.3 Å². The summed E-state index contributed by atoms with van der Waals surface area (Å²) in [6.07, 6.45) is 1.15. The molecule has 0 fully saturated rings. The van der Waals surface area contributed by atoms with Crippen molar-refractivity contribution >= 4 is 17.3 Å². The van der Waals surface area contributed by atoms with Crippen LogP contribution < -0.4 is 10.9 Å². The minimum Gasteiger partial charge on any atom is -0.462 e. The maximum Gasteiger partial charge on any atom is 0.350 e. The zero-order chi connectivity index (χ0) is 15.0. The maximum atomic E-state index is 11.3. The Hall–Kier alpha value is -3.08. The molecule has 0 aromatic heterocycles. The number of non-ortho nitro benzene ring substituents is 1. The van der Waals surface area contributed by atoms with Crippen molar-refractivity contribution in [2.75, 3.05) is 12.0 Å². The molecule has 8 nitrogen and oxygen atoms in total. The van der Waals surface area contributed by atoms with Crippen LogP contribution in [0.2, 0.25) is 0 Å². The first kappa shape index (κ1) is 15.0. The Balaban J connectivity index is 2.60. The lowest BCUT2D eigenvalue weighted by Gasteiger charge is -2.06. The minimum atomic E-state index is -0.729. The normalized spacial score (nSPS) is 10.3. The number of esters is 1. The summed E-state index contributed by atoms with van der Waals surface area (Å²) < 4.78 is 4.67. The summed E-state index contributed by atoms with van der Waals surface area (Å²) in [6.45, 7) is 1.81. The van der Waals surface area contributed by atoms with E-state index in [9.17, 15) is 14.9 Å². The second-order valence-corrected chi connectivity index (χ2v) is 3.46. The zero-order valence-electron chi connectivity index (χ0n) is 10.6. The second kappa shape index (κ2) is 7.38. The highest BCUT2D eigenvalue weighted by Gasteiger charge is 2.09. The highest BCUT2D eigenvalue weighted by Crippen LogP contribution is 2.14. The molecule has 0 radical (unpaired) electrons. The third-order valence-electron chi connectivity index (χ3n) is 2.13. The van der Waals surface area contributed by atoms with Gasteiger partial charge in [0.15, 0.2) is 5.57 Å². The summed E-state index contributed by atoms with van der Waals surface area (Å²) in [5, 5.41) is 19.2. The molecule has 1 rings (SSSR count). The van der Waals surface area contributed by atoms with Gasteiger partial charge in [0.2, 0.25) is 0 Å². The van der Waals surface area contributed by atoms with Crippen LogP contribution in [0.15, 0.2) is 36.0 Å². The van der Waals surface area contributed by atoms with E-state index < -0.39 is 10.9 Å². The highest BCUT2D eigenvalue weighted by molar-refractivity contribution is 5.92. The Morgan fingerprint density at radius 2 is 2.15 bits per heavy atom. The minimum absolute atomic E-state index is 0.0321. The number of nitro benzene ring substituents is 1. The fourth-order valence-corrected chi connectivity index (χ4v) is 1.20. The first-order valence-electron chi connectivity index (χ1n) is 5.62. The smallest absolute Gasteiger partial charge is 0.350 e. The molecule has 0 unspecified atom stereocenters. The Labute approximate surface area is 114 Å². The number of nitrogens with zero attached hydrogens (tertiary/aromatic N) is 2. The van der Waals surface area contributed by atoms with Crippen molar-refractivity contribution in [2.24, 2.45) is 0 Å². The van der Waals surface area contributed by atoms with Gasteiger partial charge in [-0.05, 0) is 19.1 Å². The van der Waals surface area contributed by atoms with Gasteiger partial charge in [0.25, 0.3) is 5.69 Å². The molecule has 0 saturated carbocycles. The molecule has 1 aromatic rings. The molecule has 0 aliphatic rings. The van der Waals surface area contributed by atoms with E-state index in [1.807, 2.05) is 0 Å². The largest absolute Gasteiger partial charge is 0.462 e. The molecule has 2 N–H and O–H groups in total. The Kier molecular flexibility index (Phi) is 5.52. The van der Waals surface area contributed by atoms with Gasteiger partial charge in [0.05, 0.1) is 17.2 Å². The van der Waals surface area contributed by atoms with Crippen LogP contribution >= 0.6 is 0 Å². The first-order valence-corrected chi connectivity index (χ1v) is 5.62. The third-order valence-corrected chi connectivity index (χ3v) is 2.13. The van der Waals surface area contributed by atoms with Crippen molar-refractivity contribution in [2.45, 2.75) is 6.92 Å². The van der Waals surface area contributed by atoms with Crippen molar-refractivity contribution in [3.05, 3.63) is 46.2 Å². The van der Waals surface area contributed by atoms with Gasteiger partial charge in [0.1, 0.15) is 6.07 Å². The molecule has 0 amide bonds. The second-order valence-electron chi connectivity index (χ2n) is 3.46. The number of benzene rings is 1. The van der Waals surface area contributed by atoms with E-state index in [-0.39, 0.29) is 17.9 Å². The summed E-state index contributed by atoms with van der Waals surface area (Å²) in [5.41, 5.74) is 5.51. The predicted molar refractivity (Wildman–Crippen MR) is 70.2 cm³/mol. The van der Waals surface area contributed by atoms with Crippen molar-refractivity contribution in [3.63, 3.8) is 0 Å².